The van der Waals surface area contributed by atoms with Crippen LogP contribution in [-0.2, 0) is 0 Å². The summed E-state index contributed by atoms with van der Waals surface area (Å²) in [5.41, 5.74) is 0.0389. The molecule has 0 aliphatic heterocycles. The molecule has 0 aromatic rings. The SMILES string of the molecule is C[C@H]1C[C@@](C)(O)CCC1(C)C. The second-order valence-corrected chi connectivity index (χ2v) is 5.09. The predicted molar refractivity (Wildman–Crippen MR) is 47.4 cm³/mol. The van der Waals surface area contributed by atoms with Gasteiger partial charge in [0.25, 0.3) is 0 Å². The van der Waals surface area contributed by atoms with Gasteiger partial charge in [0, 0.05) is 0 Å². The van der Waals surface area contributed by atoms with E-state index in [9.17, 15) is 5.11 Å². The van der Waals surface area contributed by atoms with Crippen molar-refractivity contribution in [2.24, 2.45) is 11.3 Å². The summed E-state index contributed by atoms with van der Waals surface area (Å²) in [7, 11) is 0. The normalized spacial score (nSPS) is 43.9. The van der Waals surface area contributed by atoms with E-state index in [2.05, 4.69) is 20.8 Å². The van der Waals surface area contributed by atoms with Gasteiger partial charge in [-0.05, 0) is 37.5 Å². The van der Waals surface area contributed by atoms with E-state index in [4.69, 9.17) is 0 Å². The zero-order valence-electron chi connectivity index (χ0n) is 8.15. The molecule has 1 aliphatic carbocycles. The van der Waals surface area contributed by atoms with Crippen LogP contribution in [0.4, 0.5) is 0 Å². The summed E-state index contributed by atoms with van der Waals surface area (Å²) in [5, 5.41) is 9.78. The minimum Gasteiger partial charge on any atom is -0.390 e. The third-order valence-corrected chi connectivity index (χ3v) is 3.39. The molecule has 0 radical (unpaired) electrons. The van der Waals surface area contributed by atoms with E-state index in [1.165, 1.54) is 0 Å². The fraction of sp³-hybridized carbons (Fsp3) is 1.00. The number of hydrogen-bond acceptors (Lipinski definition) is 1. The molecule has 0 aromatic heterocycles. The van der Waals surface area contributed by atoms with Crippen LogP contribution in [0.1, 0.15) is 47.0 Å². The summed E-state index contributed by atoms with van der Waals surface area (Å²) < 4.78 is 0. The van der Waals surface area contributed by atoms with Crippen LogP contribution >= 0.6 is 0 Å². The highest BCUT2D eigenvalue weighted by atomic mass is 16.3. The fourth-order valence-electron chi connectivity index (χ4n) is 1.88. The molecule has 66 valence electrons. The fourth-order valence-corrected chi connectivity index (χ4v) is 1.88. The summed E-state index contributed by atoms with van der Waals surface area (Å²) in [6.45, 7) is 8.80. The van der Waals surface area contributed by atoms with Crippen LogP contribution < -0.4 is 0 Å². The van der Waals surface area contributed by atoms with Crippen molar-refractivity contribution >= 4 is 0 Å². The van der Waals surface area contributed by atoms with Crippen molar-refractivity contribution < 1.29 is 5.11 Å². The van der Waals surface area contributed by atoms with Crippen LogP contribution in [-0.4, -0.2) is 10.7 Å². The Hall–Kier alpha value is -0.0400. The molecule has 1 N–H and O–H groups in total. The van der Waals surface area contributed by atoms with E-state index >= 15 is 0 Å². The molecule has 0 heterocycles. The maximum absolute atomic E-state index is 9.78. The Bertz CT molecular complexity index is 147. The monoisotopic (exact) mass is 156 g/mol. The lowest BCUT2D eigenvalue weighted by molar-refractivity contribution is -0.0399. The zero-order chi connectivity index (χ0) is 8.70. The van der Waals surface area contributed by atoms with Gasteiger partial charge in [-0.1, -0.05) is 20.8 Å². The van der Waals surface area contributed by atoms with Gasteiger partial charge in [0.1, 0.15) is 0 Å². The van der Waals surface area contributed by atoms with Crippen LogP contribution in [0, 0.1) is 11.3 Å². The highest BCUT2D eigenvalue weighted by Gasteiger charge is 2.38. The number of rotatable bonds is 0. The minimum atomic E-state index is -0.394. The van der Waals surface area contributed by atoms with E-state index < -0.39 is 5.60 Å². The van der Waals surface area contributed by atoms with E-state index in [-0.39, 0.29) is 0 Å². The van der Waals surface area contributed by atoms with Gasteiger partial charge in [0.15, 0.2) is 0 Å². The Labute approximate surface area is 69.8 Å². The molecule has 0 amide bonds. The third kappa shape index (κ3) is 1.96. The second kappa shape index (κ2) is 2.48. The third-order valence-electron chi connectivity index (χ3n) is 3.39. The van der Waals surface area contributed by atoms with Gasteiger partial charge in [0.05, 0.1) is 5.60 Å². The van der Waals surface area contributed by atoms with E-state index in [1.54, 1.807) is 0 Å². The molecule has 11 heavy (non-hydrogen) atoms. The molecule has 1 aliphatic rings. The van der Waals surface area contributed by atoms with Crippen molar-refractivity contribution in [3.63, 3.8) is 0 Å². The van der Waals surface area contributed by atoms with Gasteiger partial charge in [-0.2, -0.15) is 0 Å². The highest BCUT2D eigenvalue weighted by molar-refractivity contribution is 4.89. The van der Waals surface area contributed by atoms with Crippen LogP contribution in [0.25, 0.3) is 0 Å². The molecule has 0 saturated heterocycles. The Kier molecular flexibility index (Phi) is 2.04. The highest BCUT2D eigenvalue weighted by Crippen LogP contribution is 2.44. The molecule has 1 fully saturated rings. The number of hydrogen-bond donors (Lipinski definition) is 1. The molecular weight excluding hydrogens is 136 g/mol. The van der Waals surface area contributed by atoms with Crippen molar-refractivity contribution in [1.29, 1.82) is 0 Å². The van der Waals surface area contributed by atoms with Crippen molar-refractivity contribution in [3.05, 3.63) is 0 Å². The van der Waals surface area contributed by atoms with Crippen molar-refractivity contribution in [1.82, 2.24) is 0 Å². The first kappa shape index (κ1) is 9.05. The van der Waals surface area contributed by atoms with Gasteiger partial charge in [-0.15, -0.1) is 0 Å². The van der Waals surface area contributed by atoms with E-state index in [0.717, 1.165) is 19.3 Å². The molecule has 0 bridgehead atoms. The lowest BCUT2D eigenvalue weighted by Crippen LogP contribution is -2.39. The van der Waals surface area contributed by atoms with Gasteiger partial charge in [0.2, 0.25) is 0 Å². The Morgan fingerprint density at radius 1 is 1.18 bits per heavy atom. The molecule has 1 rings (SSSR count). The molecule has 0 unspecified atom stereocenters. The van der Waals surface area contributed by atoms with Crippen LogP contribution in [0.3, 0.4) is 0 Å². The first-order chi connectivity index (χ1) is 4.83. The molecule has 1 heteroatoms. The van der Waals surface area contributed by atoms with Crippen LogP contribution in [0.5, 0.6) is 0 Å². The second-order valence-electron chi connectivity index (χ2n) is 5.09. The summed E-state index contributed by atoms with van der Waals surface area (Å²) in [6.07, 6.45) is 3.07. The lowest BCUT2D eigenvalue weighted by Gasteiger charge is -2.43. The average Bonchev–Trinajstić information content (AvgIpc) is 1.81. The Balaban J connectivity index is 2.63. The topological polar surface area (TPSA) is 20.2 Å². The van der Waals surface area contributed by atoms with Gasteiger partial charge in [-0.3, -0.25) is 0 Å². The lowest BCUT2D eigenvalue weighted by atomic mass is 9.65. The van der Waals surface area contributed by atoms with E-state index in [1.807, 2.05) is 6.92 Å². The molecule has 1 nitrogen and oxygen atoms in total. The smallest absolute Gasteiger partial charge is 0.0622 e. The predicted octanol–water partition coefficient (Wildman–Crippen LogP) is 2.58. The van der Waals surface area contributed by atoms with Crippen LogP contribution in [0.2, 0.25) is 0 Å². The molecule has 2 atom stereocenters. The largest absolute Gasteiger partial charge is 0.390 e. The maximum Gasteiger partial charge on any atom is 0.0622 e. The summed E-state index contributed by atoms with van der Waals surface area (Å²) in [5.74, 6) is 0.645. The number of aliphatic hydroxyl groups is 1. The summed E-state index contributed by atoms with van der Waals surface area (Å²) in [4.78, 5) is 0. The quantitative estimate of drug-likeness (QED) is 0.571. The molecule has 0 aromatic carbocycles. The van der Waals surface area contributed by atoms with Gasteiger partial charge in [-0.25, -0.2) is 0 Å². The Morgan fingerprint density at radius 2 is 1.73 bits per heavy atom. The standard InChI is InChI=1S/C10H20O/c1-8-7-10(4,11)6-5-9(8,2)3/h8,11H,5-7H2,1-4H3/t8-,10-/m0/s1. The first-order valence-corrected chi connectivity index (χ1v) is 4.56. The zero-order valence-corrected chi connectivity index (χ0v) is 8.15. The maximum atomic E-state index is 9.78. The van der Waals surface area contributed by atoms with Crippen molar-refractivity contribution in [2.75, 3.05) is 0 Å². The molecule has 0 spiro atoms. The van der Waals surface area contributed by atoms with Crippen molar-refractivity contribution in [3.8, 4) is 0 Å². The summed E-state index contributed by atoms with van der Waals surface area (Å²) in [6, 6.07) is 0. The van der Waals surface area contributed by atoms with Crippen molar-refractivity contribution in [2.45, 2.75) is 52.6 Å². The molecule has 1 saturated carbocycles. The molecular formula is C10H20O. The Morgan fingerprint density at radius 3 is 2.09 bits per heavy atom. The van der Waals surface area contributed by atoms with E-state index in [0.29, 0.717) is 11.3 Å². The van der Waals surface area contributed by atoms with Crippen LogP contribution in [0.15, 0.2) is 0 Å². The first-order valence-electron chi connectivity index (χ1n) is 4.56. The van der Waals surface area contributed by atoms with Gasteiger partial charge >= 0.3 is 0 Å². The summed E-state index contributed by atoms with van der Waals surface area (Å²) >= 11 is 0. The minimum absolute atomic E-state index is 0.394. The average molecular weight is 156 g/mol. The van der Waals surface area contributed by atoms with Gasteiger partial charge < -0.3 is 5.11 Å².